The fourth-order valence-corrected chi connectivity index (χ4v) is 1.44. The lowest BCUT2D eigenvalue weighted by atomic mass is 10.1. The quantitative estimate of drug-likeness (QED) is 0.634. The van der Waals surface area contributed by atoms with E-state index in [1.165, 1.54) is 11.8 Å². The topological polar surface area (TPSA) is 86.7 Å². The van der Waals surface area contributed by atoms with Crippen LogP contribution in [0.3, 0.4) is 0 Å². The van der Waals surface area contributed by atoms with Crippen LogP contribution >= 0.6 is 0 Å². The molecule has 0 aromatic carbocycles. The number of nitrogens with zero attached hydrogens (tertiary/aromatic N) is 1. The van der Waals surface area contributed by atoms with Gasteiger partial charge in [-0.05, 0) is 6.92 Å². The highest BCUT2D eigenvalue weighted by atomic mass is 16.4. The highest BCUT2D eigenvalue weighted by molar-refractivity contribution is 5.94. The molecule has 1 saturated heterocycles. The van der Waals surface area contributed by atoms with Gasteiger partial charge in [0.25, 0.3) is 0 Å². The Morgan fingerprint density at radius 3 is 2.80 bits per heavy atom. The number of rotatable bonds is 3. The highest BCUT2D eigenvalue weighted by Gasteiger charge is 2.31. The van der Waals surface area contributed by atoms with Crippen LogP contribution in [-0.2, 0) is 14.4 Å². The molecule has 0 bridgehead atoms. The molecule has 6 heteroatoms. The van der Waals surface area contributed by atoms with Gasteiger partial charge in [0.1, 0.15) is 6.04 Å². The van der Waals surface area contributed by atoms with Crippen LogP contribution < -0.4 is 5.32 Å². The molecule has 1 heterocycles. The van der Waals surface area contributed by atoms with Crippen molar-refractivity contribution in [2.45, 2.75) is 19.9 Å². The van der Waals surface area contributed by atoms with Gasteiger partial charge in [-0.2, -0.15) is 0 Å². The number of carbonyl (C=O) groups excluding carboxylic acids is 2. The minimum atomic E-state index is -0.971. The Kier molecular flexibility index (Phi) is 3.28. The van der Waals surface area contributed by atoms with E-state index in [1.54, 1.807) is 6.92 Å². The highest BCUT2D eigenvalue weighted by Crippen LogP contribution is 2.06. The van der Waals surface area contributed by atoms with Crippen LogP contribution in [-0.4, -0.2) is 46.9 Å². The molecule has 0 saturated carbocycles. The molecule has 2 atom stereocenters. The first kappa shape index (κ1) is 11.5. The lowest BCUT2D eigenvalue weighted by Crippen LogP contribution is -2.57. The van der Waals surface area contributed by atoms with Gasteiger partial charge in [-0.15, -0.1) is 0 Å². The van der Waals surface area contributed by atoms with Gasteiger partial charge in [-0.25, -0.2) is 0 Å². The second kappa shape index (κ2) is 4.29. The summed E-state index contributed by atoms with van der Waals surface area (Å²) in [6.45, 7) is 3.11. The van der Waals surface area contributed by atoms with Gasteiger partial charge in [-0.1, -0.05) is 6.92 Å². The summed E-state index contributed by atoms with van der Waals surface area (Å²) in [5, 5.41) is 11.2. The SMILES string of the molecule is CC(CN1CC(=O)NC(C)C1=O)C(=O)O. The zero-order chi connectivity index (χ0) is 11.6. The van der Waals surface area contributed by atoms with E-state index >= 15 is 0 Å². The van der Waals surface area contributed by atoms with Crippen molar-refractivity contribution in [3.05, 3.63) is 0 Å². The molecule has 6 nitrogen and oxygen atoms in total. The van der Waals surface area contributed by atoms with E-state index < -0.39 is 17.9 Å². The minimum Gasteiger partial charge on any atom is -0.481 e. The smallest absolute Gasteiger partial charge is 0.308 e. The van der Waals surface area contributed by atoms with E-state index in [0.717, 1.165) is 0 Å². The zero-order valence-corrected chi connectivity index (χ0v) is 8.69. The Bertz CT molecular complexity index is 302. The molecular weight excluding hydrogens is 200 g/mol. The molecule has 15 heavy (non-hydrogen) atoms. The maximum atomic E-state index is 11.5. The van der Waals surface area contributed by atoms with Crippen LogP contribution in [0.15, 0.2) is 0 Å². The number of piperazine rings is 1. The Hall–Kier alpha value is -1.59. The van der Waals surface area contributed by atoms with Crippen molar-refractivity contribution in [2.24, 2.45) is 5.92 Å². The molecule has 1 aliphatic heterocycles. The van der Waals surface area contributed by atoms with E-state index in [4.69, 9.17) is 5.11 Å². The molecule has 84 valence electrons. The molecule has 0 aliphatic carbocycles. The molecule has 1 fully saturated rings. The summed E-state index contributed by atoms with van der Waals surface area (Å²) in [4.78, 5) is 34.6. The van der Waals surface area contributed by atoms with Crippen molar-refractivity contribution in [3.8, 4) is 0 Å². The van der Waals surface area contributed by atoms with Crippen molar-refractivity contribution in [3.63, 3.8) is 0 Å². The van der Waals surface area contributed by atoms with Gasteiger partial charge in [0.05, 0.1) is 12.5 Å². The lowest BCUT2D eigenvalue weighted by Gasteiger charge is -2.31. The predicted octanol–water partition coefficient (Wildman–Crippen LogP) is -0.946. The number of aliphatic carboxylic acids is 1. The molecule has 0 spiro atoms. The van der Waals surface area contributed by atoms with Crippen molar-refractivity contribution in [1.82, 2.24) is 10.2 Å². The average Bonchev–Trinajstić information content (AvgIpc) is 2.13. The molecule has 2 unspecified atom stereocenters. The van der Waals surface area contributed by atoms with E-state index in [2.05, 4.69) is 5.32 Å². The van der Waals surface area contributed by atoms with Crippen LogP contribution in [0, 0.1) is 5.92 Å². The summed E-state index contributed by atoms with van der Waals surface area (Å²) in [5.41, 5.74) is 0. The number of nitrogens with one attached hydrogen (secondary N) is 1. The Morgan fingerprint density at radius 2 is 2.27 bits per heavy atom. The summed E-state index contributed by atoms with van der Waals surface area (Å²) in [6, 6.07) is -0.563. The fourth-order valence-electron chi connectivity index (χ4n) is 1.44. The summed E-state index contributed by atoms with van der Waals surface area (Å²) >= 11 is 0. The summed E-state index contributed by atoms with van der Waals surface area (Å²) < 4.78 is 0. The summed E-state index contributed by atoms with van der Waals surface area (Å²) in [6.07, 6.45) is 0. The van der Waals surface area contributed by atoms with Gasteiger partial charge in [-0.3, -0.25) is 14.4 Å². The zero-order valence-electron chi connectivity index (χ0n) is 8.69. The first-order valence-electron chi connectivity index (χ1n) is 4.72. The van der Waals surface area contributed by atoms with Gasteiger partial charge < -0.3 is 15.3 Å². The first-order valence-corrected chi connectivity index (χ1v) is 4.72. The monoisotopic (exact) mass is 214 g/mol. The van der Waals surface area contributed by atoms with Crippen LogP contribution in [0.5, 0.6) is 0 Å². The maximum absolute atomic E-state index is 11.5. The molecule has 1 rings (SSSR count). The van der Waals surface area contributed by atoms with E-state index in [-0.39, 0.29) is 24.9 Å². The fraction of sp³-hybridized carbons (Fsp3) is 0.667. The number of hydrogen-bond acceptors (Lipinski definition) is 3. The van der Waals surface area contributed by atoms with Gasteiger partial charge in [0.2, 0.25) is 11.8 Å². The number of carboxylic acid groups (broad SMARTS) is 1. The molecular formula is C9H14N2O4. The third kappa shape index (κ3) is 2.68. The molecule has 1 aliphatic rings. The second-order valence-electron chi connectivity index (χ2n) is 3.75. The van der Waals surface area contributed by atoms with E-state index in [9.17, 15) is 14.4 Å². The molecule has 2 amide bonds. The average molecular weight is 214 g/mol. The third-order valence-electron chi connectivity index (χ3n) is 2.31. The van der Waals surface area contributed by atoms with E-state index in [1.807, 2.05) is 0 Å². The van der Waals surface area contributed by atoms with Crippen molar-refractivity contribution in [2.75, 3.05) is 13.1 Å². The summed E-state index contributed by atoms with van der Waals surface area (Å²) in [5.74, 6) is -2.11. The number of amides is 2. The molecule has 0 radical (unpaired) electrons. The first-order chi connectivity index (χ1) is 6.91. The van der Waals surface area contributed by atoms with Crippen molar-refractivity contribution >= 4 is 17.8 Å². The van der Waals surface area contributed by atoms with Crippen molar-refractivity contribution in [1.29, 1.82) is 0 Å². The number of hydrogen-bond donors (Lipinski definition) is 2. The summed E-state index contributed by atoms with van der Waals surface area (Å²) in [7, 11) is 0. The predicted molar refractivity (Wildman–Crippen MR) is 51.0 cm³/mol. The third-order valence-corrected chi connectivity index (χ3v) is 2.31. The van der Waals surface area contributed by atoms with Crippen LogP contribution in [0.2, 0.25) is 0 Å². The number of carboxylic acids is 1. The Balaban J connectivity index is 2.64. The second-order valence-corrected chi connectivity index (χ2v) is 3.75. The van der Waals surface area contributed by atoms with E-state index in [0.29, 0.717) is 0 Å². The minimum absolute atomic E-state index is 0.0548. The molecule has 2 N–H and O–H groups in total. The largest absolute Gasteiger partial charge is 0.481 e. The van der Waals surface area contributed by atoms with Gasteiger partial charge in [0.15, 0.2) is 0 Å². The Morgan fingerprint density at radius 1 is 1.67 bits per heavy atom. The maximum Gasteiger partial charge on any atom is 0.308 e. The van der Waals surface area contributed by atoms with Crippen LogP contribution in [0.25, 0.3) is 0 Å². The Labute approximate surface area is 87.2 Å². The van der Waals surface area contributed by atoms with Crippen LogP contribution in [0.4, 0.5) is 0 Å². The standard InChI is InChI=1S/C9H14N2O4/c1-5(9(14)15)3-11-4-7(12)10-6(2)8(11)13/h5-6H,3-4H2,1-2H3,(H,10,12)(H,14,15). The van der Waals surface area contributed by atoms with Gasteiger partial charge in [0, 0.05) is 6.54 Å². The lowest BCUT2D eigenvalue weighted by molar-refractivity contribution is -0.148. The van der Waals surface area contributed by atoms with Crippen LogP contribution in [0.1, 0.15) is 13.8 Å². The van der Waals surface area contributed by atoms with Gasteiger partial charge >= 0.3 is 5.97 Å². The normalized spacial score (nSPS) is 23.6. The number of carbonyl (C=O) groups is 3. The molecule has 0 aromatic heterocycles. The van der Waals surface area contributed by atoms with Crippen molar-refractivity contribution < 1.29 is 19.5 Å². The molecule has 0 aromatic rings.